The number of likely N-dealkylation sites (N-methyl/N-ethyl adjacent to an activating group) is 1. The summed E-state index contributed by atoms with van der Waals surface area (Å²) in [5.41, 5.74) is 0.811. The van der Waals surface area contributed by atoms with Gasteiger partial charge in [0.2, 0.25) is 0 Å². The molecule has 0 aliphatic rings. The molecule has 0 saturated carbocycles. The molecule has 0 radical (unpaired) electrons. The second kappa shape index (κ2) is 8.99. The summed E-state index contributed by atoms with van der Waals surface area (Å²) >= 11 is 12.7. The molecule has 0 saturated heterocycles. The highest BCUT2D eigenvalue weighted by atomic mass is 35.5. The molecule has 1 aromatic carbocycles. The van der Waals surface area contributed by atoms with Gasteiger partial charge in [-0.15, -0.1) is 0 Å². The van der Waals surface area contributed by atoms with Crippen LogP contribution in [0.15, 0.2) is 18.2 Å². The van der Waals surface area contributed by atoms with Gasteiger partial charge in [-0.2, -0.15) is 0 Å². The van der Waals surface area contributed by atoms with Crippen molar-refractivity contribution >= 4 is 23.2 Å². The minimum atomic E-state index is -0.187. The summed E-state index contributed by atoms with van der Waals surface area (Å²) in [6, 6.07) is 5.86. The summed E-state index contributed by atoms with van der Waals surface area (Å²) in [6.45, 7) is 10.1. The molecule has 0 fully saturated rings. The van der Waals surface area contributed by atoms with Crippen LogP contribution in [0.25, 0.3) is 0 Å². The van der Waals surface area contributed by atoms with E-state index in [2.05, 4.69) is 26.1 Å². The summed E-state index contributed by atoms with van der Waals surface area (Å²) in [5.74, 6) is 0. The Bertz CT molecular complexity index is 413. The molecule has 1 atom stereocenters. The van der Waals surface area contributed by atoms with E-state index in [1.165, 1.54) is 0 Å². The molecular formula is C17H27Cl2NO. The van der Waals surface area contributed by atoms with Crippen LogP contribution in [0.4, 0.5) is 0 Å². The molecule has 1 rings (SSSR count). The Hall–Kier alpha value is -0.280. The van der Waals surface area contributed by atoms with Gasteiger partial charge in [0.05, 0.1) is 5.60 Å². The highest BCUT2D eigenvalue weighted by Gasteiger charge is 2.36. The average Bonchev–Trinajstić information content (AvgIpc) is 2.48. The SMILES string of the molecule is CCNC(Cc1c(Cl)cccc1Cl)C(CC)(CC)OCC. The molecule has 2 nitrogen and oxygen atoms in total. The summed E-state index contributed by atoms with van der Waals surface area (Å²) in [6.07, 6.45) is 2.68. The van der Waals surface area contributed by atoms with Crippen LogP contribution in [-0.4, -0.2) is 24.8 Å². The van der Waals surface area contributed by atoms with Crippen molar-refractivity contribution in [3.8, 4) is 0 Å². The topological polar surface area (TPSA) is 21.3 Å². The van der Waals surface area contributed by atoms with Gasteiger partial charge in [0, 0.05) is 22.7 Å². The van der Waals surface area contributed by atoms with Crippen LogP contribution in [0.1, 0.15) is 46.1 Å². The lowest BCUT2D eigenvalue weighted by molar-refractivity contribution is -0.0715. The van der Waals surface area contributed by atoms with E-state index in [-0.39, 0.29) is 11.6 Å². The van der Waals surface area contributed by atoms with Gasteiger partial charge >= 0.3 is 0 Å². The molecule has 1 unspecified atom stereocenters. The largest absolute Gasteiger partial charge is 0.374 e. The second-order valence-corrected chi connectivity index (χ2v) is 6.03. The van der Waals surface area contributed by atoms with Gasteiger partial charge in [-0.1, -0.05) is 50.0 Å². The maximum atomic E-state index is 6.33. The van der Waals surface area contributed by atoms with Gasteiger partial charge in [-0.05, 0) is 50.4 Å². The molecule has 1 aromatic rings. The summed E-state index contributed by atoms with van der Waals surface area (Å²) < 4.78 is 6.15. The Balaban J connectivity index is 3.10. The number of hydrogen-bond donors (Lipinski definition) is 1. The first-order valence-electron chi connectivity index (χ1n) is 7.84. The molecule has 4 heteroatoms. The normalized spacial score (nSPS) is 13.4. The maximum Gasteiger partial charge on any atom is 0.0832 e. The van der Waals surface area contributed by atoms with Crippen molar-refractivity contribution in [3.63, 3.8) is 0 Å². The Kier molecular flexibility index (Phi) is 8.04. The fourth-order valence-electron chi connectivity index (χ4n) is 2.96. The van der Waals surface area contributed by atoms with Crippen LogP contribution in [0.2, 0.25) is 10.0 Å². The van der Waals surface area contributed by atoms with Crippen LogP contribution in [0.3, 0.4) is 0 Å². The van der Waals surface area contributed by atoms with Gasteiger partial charge in [-0.25, -0.2) is 0 Å². The number of hydrogen-bond acceptors (Lipinski definition) is 2. The predicted octanol–water partition coefficient (Wildman–Crippen LogP) is 5.11. The number of rotatable bonds is 9. The van der Waals surface area contributed by atoms with Crippen LogP contribution in [0.5, 0.6) is 0 Å². The Morgan fingerprint density at radius 3 is 2.10 bits per heavy atom. The van der Waals surface area contributed by atoms with E-state index < -0.39 is 0 Å². The third-order valence-corrected chi connectivity index (χ3v) is 4.89. The zero-order chi connectivity index (χ0) is 15.9. The van der Waals surface area contributed by atoms with Crippen LogP contribution < -0.4 is 5.32 Å². The molecule has 0 aromatic heterocycles. The Morgan fingerprint density at radius 1 is 1.10 bits per heavy atom. The average molecular weight is 332 g/mol. The number of nitrogens with one attached hydrogen (secondary N) is 1. The van der Waals surface area contributed by atoms with Crippen molar-refractivity contribution in [3.05, 3.63) is 33.8 Å². The van der Waals surface area contributed by atoms with Gasteiger partial charge < -0.3 is 10.1 Å². The first-order chi connectivity index (χ1) is 10.0. The predicted molar refractivity (Wildman–Crippen MR) is 92.6 cm³/mol. The first kappa shape index (κ1) is 18.8. The molecule has 0 heterocycles. The highest BCUT2D eigenvalue weighted by molar-refractivity contribution is 6.36. The number of halogens is 2. The van der Waals surface area contributed by atoms with Crippen LogP contribution in [-0.2, 0) is 11.2 Å². The molecular weight excluding hydrogens is 305 g/mol. The Labute approximate surface area is 139 Å². The zero-order valence-electron chi connectivity index (χ0n) is 13.5. The smallest absolute Gasteiger partial charge is 0.0832 e. The molecule has 120 valence electrons. The standard InChI is InChI=1S/C17H27Cl2NO/c1-5-17(6-2,21-8-4)16(20-7-3)12-13-14(18)10-9-11-15(13)19/h9-11,16,20H,5-8,12H2,1-4H3. The lowest BCUT2D eigenvalue weighted by atomic mass is 9.84. The fourth-order valence-corrected chi connectivity index (χ4v) is 3.51. The minimum Gasteiger partial charge on any atom is -0.374 e. The van der Waals surface area contributed by atoms with E-state index in [0.29, 0.717) is 6.61 Å². The second-order valence-electron chi connectivity index (χ2n) is 5.22. The third kappa shape index (κ3) is 4.59. The van der Waals surface area contributed by atoms with Crippen molar-refractivity contribution in [2.75, 3.05) is 13.2 Å². The molecule has 0 spiro atoms. The Morgan fingerprint density at radius 2 is 1.67 bits per heavy atom. The van der Waals surface area contributed by atoms with Gasteiger partial charge in [0.25, 0.3) is 0 Å². The highest BCUT2D eigenvalue weighted by Crippen LogP contribution is 2.32. The van der Waals surface area contributed by atoms with E-state index in [0.717, 1.165) is 41.4 Å². The van der Waals surface area contributed by atoms with Crippen LogP contribution in [0, 0.1) is 0 Å². The molecule has 1 N–H and O–H groups in total. The van der Waals surface area contributed by atoms with Crippen molar-refractivity contribution < 1.29 is 4.74 Å². The van der Waals surface area contributed by atoms with Crippen LogP contribution >= 0.6 is 23.2 Å². The van der Waals surface area contributed by atoms with E-state index in [1.807, 2.05) is 25.1 Å². The third-order valence-electron chi connectivity index (χ3n) is 4.18. The van der Waals surface area contributed by atoms with Crippen molar-refractivity contribution in [2.45, 2.75) is 58.6 Å². The zero-order valence-corrected chi connectivity index (χ0v) is 15.0. The molecule has 21 heavy (non-hydrogen) atoms. The molecule has 0 aliphatic heterocycles. The quantitative estimate of drug-likeness (QED) is 0.678. The van der Waals surface area contributed by atoms with E-state index in [1.54, 1.807) is 0 Å². The maximum absolute atomic E-state index is 6.33. The minimum absolute atomic E-state index is 0.187. The van der Waals surface area contributed by atoms with E-state index in [9.17, 15) is 0 Å². The molecule has 0 bridgehead atoms. The molecule has 0 amide bonds. The molecule has 0 aliphatic carbocycles. The number of benzene rings is 1. The van der Waals surface area contributed by atoms with E-state index >= 15 is 0 Å². The van der Waals surface area contributed by atoms with Crippen molar-refractivity contribution in [1.29, 1.82) is 0 Å². The summed E-state index contributed by atoms with van der Waals surface area (Å²) in [7, 11) is 0. The summed E-state index contributed by atoms with van der Waals surface area (Å²) in [4.78, 5) is 0. The number of ether oxygens (including phenoxy) is 1. The fraction of sp³-hybridized carbons (Fsp3) is 0.647. The van der Waals surface area contributed by atoms with E-state index in [4.69, 9.17) is 27.9 Å². The first-order valence-corrected chi connectivity index (χ1v) is 8.60. The van der Waals surface area contributed by atoms with Gasteiger partial charge in [-0.3, -0.25) is 0 Å². The lowest BCUT2D eigenvalue weighted by Gasteiger charge is -2.40. The van der Waals surface area contributed by atoms with Gasteiger partial charge in [0.15, 0.2) is 0 Å². The lowest BCUT2D eigenvalue weighted by Crippen LogP contribution is -2.53. The summed E-state index contributed by atoms with van der Waals surface area (Å²) in [5, 5.41) is 5.02. The van der Waals surface area contributed by atoms with Crippen molar-refractivity contribution in [1.82, 2.24) is 5.32 Å². The van der Waals surface area contributed by atoms with Gasteiger partial charge in [0.1, 0.15) is 0 Å². The van der Waals surface area contributed by atoms with Crippen molar-refractivity contribution in [2.24, 2.45) is 0 Å². The monoisotopic (exact) mass is 331 g/mol.